The molecule has 0 aromatic heterocycles. The molecule has 0 aliphatic heterocycles. The third-order valence-electron chi connectivity index (χ3n) is 5.67. The summed E-state index contributed by atoms with van der Waals surface area (Å²) in [6.45, 7) is 5.06. The number of unbranched alkanes of at least 4 members (excludes halogenated alkanes) is 12. The van der Waals surface area contributed by atoms with Crippen LogP contribution in [-0.4, -0.2) is 76.7 Å². The quantitative estimate of drug-likeness (QED) is 0.0548. The van der Waals surface area contributed by atoms with E-state index >= 15 is 0 Å². The van der Waals surface area contributed by atoms with Gasteiger partial charge in [0.1, 0.15) is 13.2 Å². The van der Waals surface area contributed by atoms with E-state index in [1.54, 1.807) is 0 Å². The van der Waals surface area contributed by atoms with Gasteiger partial charge in [0.2, 0.25) is 0 Å². The Morgan fingerprint density at radius 2 is 1.09 bits per heavy atom. The number of allylic oxidation sites excluding steroid dienone is 2. The molecule has 1 unspecified atom stereocenters. The summed E-state index contributed by atoms with van der Waals surface area (Å²) in [6.07, 6.45) is 23.0. The zero-order valence-electron chi connectivity index (χ0n) is 23.4. The molecule has 0 aromatic carbocycles. The first-order valence-electron chi connectivity index (χ1n) is 14.0. The molecule has 210 valence electrons. The van der Waals surface area contributed by atoms with Crippen LogP contribution in [0.25, 0.3) is 0 Å². The van der Waals surface area contributed by atoms with E-state index in [4.69, 9.17) is 18.5 Å². The molecule has 1 atom stereocenters. The minimum absolute atomic E-state index is 0.0209. The van der Waals surface area contributed by atoms with Gasteiger partial charge >= 0.3 is 7.82 Å². The normalized spacial score (nSPS) is 14.1. The molecule has 35 heavy (non-hydrogen) atoms. The highest BCUT2D eigenvalue weighted by Crippen LogP contribution is 2.42. The van der Waals surface area contributed by atoms with Gasteiger partial charge in [-0.25, -0.2) is 4.57 Å². The fourth-order valence-electron chi connectivity index (χ4n) is 3.45. The summed E-state index contributed by atoms with van der Waals surface area (Å²) in [7, 11) is 1.96. The zero-order chi connectivity index (χ0) is 26.1. The highest BCUT2D eigenvalue weighted by Gasteiger charge is 2.22. The predicted octanol–water partition coefficient (Wildman–Crippen LogP) is 6.90. The molecule has 0 amide bonds. The molecule has 0 saturated carbocycles. The average Bonchev–Trinajstić information content (AvgIpc) is 2.78. The maximum absolute atomic E-state index is 11.7. The molecule has 0 aromatic rings. The Kier molecular flexibility index (Phi) is 23.9. The van der Waals surface area contributed by atoms with E-state index in [1.165, 1.54) is 83.5 Å². The number of phosphoric ester groups is 1. The van der Waals surface area contributed by atoms with Crippen molar-refractivity contribution in [2.24, 2.45) is 0 Å². The van der Waals surface area contributed by atoms with Crippen LogP contribution in [0, 0.1) is 0 Å². The lowest BCUT2D eigenvalue weighted by Gasteiger charge is -2.24. The van der Waals surface area contributed by atoms with E-state index in [0.717, 1.165) is 13.0 Å². The number of hydrogen-bond donors (Lipinski definition) is 1. The molecule has 0 aliphatic carbocycles. The first kappa shape index (κ1) is 34.7. The van der Waals surface area contributed by atoms with Crippen molar-refractivity contribution in [1.82, 2.24) is 0 Å². The largest absolute Gasteiger partial charge is 0.472 e. The fraction of sp³-hybridized carbons (Fsp3) is 0.926. The predicted molar refractivity (Wildman–Crippen MR) is 146 cm³/mol. The number of rotatable bonds is 27. The summed E-state index contributed by atoms with van der Waals surface area (Å²) in [4.78, 5) is 9.60. The monoisotopic (exact) mass is 522 g/mol. The van der Waals surface area contributed by atoms with Crippen LogP contribution in [0.4, 0.5) is 0 Å². The Hall–Kier alpha value is -0.270. The van der Waals surface area contributed by atoms with Crippen molar-refractivity contribution in [2.75, 3.05) is 67.3 Å². The first-order chi connectivity index (χ1) is 16.8. The molecule has 0 spiro atoms. The maximum atomic E-state index is 11.7. The maximum Gasteiger partial charge on any atom is 0.472 e. The van der Waals surface area contributed by atoms with Crippen molar-refractivity contribution in [2.45, 2.75) is 96.8 Å². The molecule has 8 heteroatoms. The van der Waals surface area contributed by atoms with Crippen LogP contribution in [0.1, 0.15) is 96.8 Å². The van der Waals surface area contributed by atoms with Crippen molar-refractivity contribution in [3.63, 3.8) is 0 Å². The molecular weight excluding hydrogens is 465 g/mol. The van der Waals surface area contributed by atoms with Crippen molar-refractivity contribution < 1.29 is 32.5 Å². The Bertz CT molecular complexity index is 524. The first-order valence-corrected chi connectivity index (χ1v) is 15.5. The van der Waals surface area contributed by atoms with Gasteiger partial charge < -0.3 is 18.9 Å². The van der Waals surface area contributed by atoms with Gasteiger partial charge in [0.25, 0.3) is 0 Å². The number of ether oxygens (including phenoxy) is 2. The van der Waals surface area contributed by atoms with Crippen molar-refractivity contribution in [1.29, 1.82) is 0 Å². The summed E-state index contributed by atoms with van der Waals surface area (Å²) >= 11 is 0. The summed E-state index contributed by atoms with van der Waals surface area (Å²) in [5.41, 5.74) is 0. The summed E-state index contributed by atoms with van der Waals surface area (Å²) in [5.74, 6) is 0. The number of hydrogen-bond acceptors (Lipinski definition) is 5. The van der Waals surface area contributed by atoms with Gasteiger partial charge in [0.05, 0.1) is 47.6 Å². The Balaban J connectivity index is 3.27. The lowest BCUT2D eigenvalue weighted by molar-refractivity contribution is -0.870. The van der Waals surface area contributed by atoms with Gasteiger partial charge in [-0.2, -0.15) is 0 Å². The molecule has 7 nitrogen and oxygen atoms in total. The summed E-state index contributed by atoms with van der Waals surface area (Å²) in [5, 5.41) is 0. The second-order valence-corrected chi connectivity index (χ2v) is 11.8. The third-order valence-corrected chi connectivity index (χ3v) is 6.69. The molecule has 0 radical (unpaired) electrons. The minimum Gasteiger partial charge on any atom is -0.379 e. The molecule has 0 aliphatic rings. The SMILES string of the molecule is CCCCCCCC/C=C\CCCCCCCCOCCOCCOP(=O)(O)OCC[N+](C)(C)C. The number of nitrogens with zero attached hydrogens (tertiary/aromatic N) is 1. The second kappa shape index (κ2) is 24.1. The minimum atomic E-state index is -4.00. The van der Waals surface area contributed by atoms with Crippen molar-refractivity contribution >= 4 is 7.82 Å². The standard InChI is InChI=1S/C27H56NO6P/c1-5-6-7-8-9-10-11-12-13-14-15-16-17-18-19-20-22-31-24-25-32-26-27-34-35(29,30)33-23-21-28(2,3)4/h12-13H,5-11,14-27H2,1-4H3/p+1/b13-12-. The highest BCUT2D eigenvalue weighted by molar-refractivity contribution is 7.47. The molecule has 0 fully saturated rings. The van der Waals surface area contributed by atoms with Crippen LogP contribution in [0.15, 0.2) is 12.2 Å². The topological polar surface area (TPSA) is 74.2 Å². The highest BCUT2D eigenvalue weighted by atomic mass is 31.2. The van der Waals surface area contributed by atoms with E-state index in [-0.39, 0.29) is 19.8 Å². The number of likely N-dealkylation sites (N-methyl/N-ethyl adjacent to an activating group) is 1. The molecule has 0 heterocycles. The zero-order valence-corrected chi connectivity index (χ0v) is 24.3. The Labute approximate surface area is 216 Å². The Morgan fingerprint density at radius 1 is 0.629 bits per heavy atom. The van der Waals surface area contributed by atoms with Crippen LogP contribution < -0.4 is 0 Å². The van der Waals surface area contributed by atoms with Gasteiger partial charge in [0.15, 0.2) is 0 Å². The average molecular weight is 523 g/mol. The number of quaternary nitrogens is 1. The van der Waals surface area contributed by atoms with Crippen molar-refractivity contribution in [3.8, 4) is 0 Å². The van der Waals surface area contributed by atoms with Crippen LogP contribution in [0.5, 0.6) is 0 Å². The van der Waals surface area contributed by atoms with Crippen LogP contribution in [0.3, 0.4) is 0 Å². The molecule has 0 bridgehead atoms. The van der Waals surface area contributed by atoms with Gasteiger partial charge in [-0.1, -0.05) is 76.9 Å². The fourth-order valence-corrected chi connectivity index (χ4v) is 4.14. The lowest BCUT2D eigenvalue weighted by atomic mass is 10.1. The van der Waals surface area contributed by atoms with E-state index in [9.17, 15) is 9.46 Å². The number of phosphoric acid groups is 1. The lowest BCUT2D eigenvalue weighted by Crippen LogP contribution is -2.37. The van der Waals surface area contributed by atoms with Gasteiger partial charge in [-0.05, 0) is 32.1 Å². The van der Waals surface area contributed by atoms with Crippen LogP contribution >= 0.6 is 7.82 Å². The second-order valence-electron chi connectivity index (χ2n) is 10.3. The van der Waals surface area contributed by atoms with Gasteiger partial charge in [0, 0.05) is 6.61 Å². The van der Waals surface area contributed by atoms with Crippen molar-refractivity contribution in [3.05, 3.63) is 12.2 Å². The van der Waals surface area contributed by atoms with E-state index < -0.39 is 7.82 Å². The summed E-state index contributed by atoms with van der Waals surface area (Å²) < 4.78 is 33.2. The molecule has 0 saturated heterocycles. The Morgan fingerprint density at radius 3 is 1.66 bits per heavy atom. The van der Waals surface area contributed by atoms with E-state index in [1.807, 2.05) is 21.1 Å². The summed E-state index contributed by atoms with van der Waals surface area (Å²) in [6, 6.07) is 0. The van der Waals surface area contributed by atoms with Gasteiger partial charge in [-0.15, -0.1) is 0 Å². The smallest absolute Gasteiger partial charge is 0.379 e. The van der Waals surface area contributed by atoms with Gasteiger partial charge in [-0.3, -0.25) is 9.05 Å². The van der Waals surface area contributed by atoms with E-state index in [2.05, 4.69) is 19.1 Å². The molecule has 0 rings (SSSR count). The van der Waals surface area contributed by atoms with Crippen LogP contribution in [-0.2, 0) is 23.1 Å². The van der Waals surface area contributed by atoms with Crippen LogP contribution in [0.2, 0.25) is 0 Å². The van der Waals surface area contributed by atoms with E-state index in [0.29, 0.717) is 24.2 Å². The molecule has 1 N–H and O–H groups in total. The molecular formula is C27H57NO6P+. The third kappa shape index (κ3) is 29.8.